The molecule has 3 nitrogen and oxygen atoms in total. The van der Waals surface area contributed by atoms with Gasteiger partial charge in [-0.1, -0.05) is 18.2 Å². The maximum atomic E-state index is 12.2. The van der Waals surface area contributed by atoms with Crippen molar-refractivity contribution in [3.8, 4) is 11.3 Å². The first kappa shape index (κ1) is 11.6. The second kappa shape index (κ2) is 4.30. The van der Waals surface area contributed by atoms with Gasteiger partial charge in [-0.05, 0) is 13.0 Å². The van der Waals surface area contributed by atoms with E-state index in [2.05, 4.69) is 0 Å². The third-order valence-corrected chi connectivity index (χ3v) is 4.31. The summed E-state index contributed by atoms with van der Waals surface area (Å²) >= 11 is 1.65. The summed E-state index contributed by atoms with van der Waals surface area (Å²) in [4.78, 5) is 13.4. The molecule has 4 heteroatoms. The molecule has 0 spiro atoms. The Morgan fingerprint density at radius 3 is 2.94 bits per heavy atom. The van der Waals surface area contributed by atoms with Crippen LogP contribution in [0.15, 0.2) is 44.6 Å². The highest BCUT2D eigenvalue weighted by Gasteiger charge is 2.27. The van der Waals surface area contributed by atoms with E-state index < -0.39 is 0 Å². The van der Waals surface area contributed by atoms with Gasteiger partial charge in [0, 0.05) is 15.7 Å². The van der Waals surface area contributed by atoms with Gasteiger partial charge in [-0.15, -0.1) is 11.8 Å². The molecule has 0 saturated heterocycles. The van der Waals surface area contributed by atoms with E-state index in [1.807, 2.05) is 31.2 Å². The number of hydrogen-bond donors (Lipinski definition) is 1. The van der Waals surface area contributed by atoms with Gasteiger partial charge in [-0.2, -0.15) is 0 Å². The van der Waals surface area contributed by atoms with Crippen LogP contribution in [0.4, 0.5) is 0 Å². The molecule has 0 radical (unpaired) electrons. The van der Waals surface area contributed by atoms with Gasteiger partial charge in [0.15, 0.2) is 5.43 Å². The lowest BCUT2D eigenvalue weighted by atomic mass is 10.0. The zero-order valence-electron chi connectivity index (χ0n) is 9.84. The van der Waals surface area contributed by atoms with Crippen LogP contribution in [0, 0.1) is 0 Å². The quantitative estimate of drug-likeness (QED) is 0.856. The molecule has 1 aromatic carbocycles. The lowest BCUT2D eigenvalue weighted by Gasteiger charge is -2.22. The van der Waals surface area contributed by atoms with Gasteiger partial charge in [-0.25, -0.2) is 0 Å². The summed E-state index contributed by atoms with van der Waals surface area (Å²) in [6.45, 7) is 1.70. The Hall–Kier alpha value is -1.52. The Bertz CT molecular complexity index is 660. The predicted molar refractivity (Wildman–Crippen MR) is 70.6 cm³/mol. The third-order valence-electron chi connectivity index (χ3n) is 3.11. The molecule has 2 heterocycles. The molecule has 2 aromatic rings. The largest absolute Gasteiger partial charge is 0.463 e. The van der Waals surface area contributed by atoms with Crippen molar-refractivity contribution < 1.29 is 9.52 Å². The van der Waals surface area contributed by atoms with Crippen molar-refractivity contribution in [2.75, 3.05) is 0 Å². The van der Waals surface area contributed by atoms with Crippen molar-refractivity contribution in [3.63, 3.8) is 0 Å². The van der Waals surface area contributed by atoms with Gasteiger partial charge in [-0.3, -0.25) is 4.79 Å². The highest BCUT2D eigenvalue weighted by Crippen LogP contribution is 2.47. The van der Waals surface area contributed by atoms with E-state index in [0.717, 1.165) is 10.5 Å². The summed E-state index contributed by atoms with van der Waals surface area (Å²) < 4.78 is 5.58. The van der Waals surface area contributed by atoms with Gasteiger partial charge < -0.3 is 9.52 Å². The average Bonchev–Trinajstić information content (AvgIpc) is 2.39. The maximum Gasteiger partial charge on any atom is 0.195 e. The number of benzene rings is 1. The molecule has 1 aliphatic heterocycles. The number of rotatable bonds is 1. The Kier molecular flexibility index (Phi) is 2.76. The normalized spacial score (nSPS) is 17.1. The van der Waals surface area contributed by atoms with Gasteiger partial charge in [0.1, 0.15) is 12.0 Å². The second-order valence-electron chi connectivity index (χ2n) is 4.25. The minimum atomic E-state index is -0.283. The first-order valence-electron chi connectivity index (χ1n) is 5.74. The Balaban J connectivity index is 2.33. The number of aliphatic hydroxyl groups excluding tert-OH is 1. The highest BCUT2D eigenvalue weighted by molar-refractivity contribution is 7.99. The monoisotopic (exact) mass is 260 g/mol. The molecule has 0 bridgehead atoms. The van der Waals surface area contributed by atoms with Crippen molar-refractivity contribution in [3.05, 3.63) is 51.9 Å². The molecule has 1 N–H and O–H groups in total. The summed E-state index contributed by atoms with van der Waals surface area (Å²) in [5, 5.41) is 9.17. The topological polar surface area (TPSA) is 50.4 Å². The fourth-order valence-corrected chi connectivity index (χ4v) is 3.37. The van der Waals surface area contributed by atoms with Crippen molar-refractivity contribution >= 4 is 11.8 Å². The Morgan fingerprint density at radius 2 is 2.17 bits per heavy atom. The zero-order chi connectivity index (χ0) is 12.7. The zero-order valence-corrected chi connectivity index (χ0v) is 10.7. The molecule has 0 aliphatic carbocycles. The molecule has 18 heavy (non-hydrogen) atoms. The Labute approximate surface area is 108 Å². The lowest BCUT2D eigenvalue weighted by molar-refractivity contribution is 0.276. The van der Waals surface area contributed by atoms with E-state index in [0.29, 0.717) is 16.9 Å². The van der Waals surface area contributed by atoms with Crippen molar-refractivity contribution in [2.24, 2.45) is 0 Å². The average molecular weight is 260 g/mol. The van der Waals surface area contributed by atoms with Crippen LogP contribution >= 0.6 is 11.8 Å². The maximum absolute atomic E-state index is 12.2. The predicted octanol–water partition coefficient (Wildman–Crippen LogP) is 2.97. The molecule has 3 rings (SSSR count). The van der Waals surface area contributed by atoms with Gasteiger partial charge in [0.05, 0.1) is 17.7 Å². The fraction of sp³-hybridized carbons (Fsp3) is 0.214. The molecular weight excluding hydrogens is 248 g/mol. The fourth-order valence-electron chi connectivity index (χ4n) is 2.22. The van der Waals surface area contributed by atoms with Crippen LogP contribution in [0.1, 0.15) is 23.3 Å². The minimum absolute atomic E-state index is 0.0395. The van der Waals surface area contributed by atoms with Gasteiger partial charge in [0.25, 0.3) is 0 Å². The van der Waals surface area contributed by atoms with Gasteiger partial charge in [0.2, 0.25) is 0 Å². The summed E-state index contributed by atoms with van der Waals surface area (Å²) in [6, 6.07) is 7.89. The van der Waals surface area contributed by atoms with Crippen molar-refractivity contribution in [1.82, 2.24) is 0 Å². The van der Waals surface area contributed by atoms with Crippen LogP contribution in [0.5, 0.6) is 0 Å². The molecular formula is C14H12O3S. The molecule has 0 saturated carbocycles. The standard InChI is InChI=1S/C14H12O3S/c1-8-12-13(16)9(6-15)7-17-14(12)10-4-2-3-5-11(10)18-8/h2-5,7-8,15H,6H2,1H3. The van der Waals surface area contributed by atoms with E-state index in [9.17, 15) is 4.79 Å². The molecule has 0 amide bonds. The first-order chi connectivity index (χ1) is 8.72. The lowest BCUT2D eigenvalue weighted by Crippen LogP contribution is -2.18. The van der Waals surface area contributed by atoms with E-state index in [1.165, 1.54) is 6.26 Å². The first-order valence-corrected chi connectivity index (χ1v) is 6.62. The molecule has 92 valence electrons. The highest BCUT2D eigenvalue weighted by atomic mass is 32.2. The third kappa shape index (κ3) is 1.61. The summed E-state index contributed by atoms with van der Waals surface area (Å²) in [7, 11) is 0. The summed E-state index contributed by atoms with van der Waals surface area (Å²) in [5.41, 5.74) is 1.83. The number of hydrogen-bond acceptors (Lipinski definition) is 4. The smallest absolute Gasteiger partial charge is 0.195 e. The molecule has 1 aliphatic rings. The van der Waals surface area contributed by atoms with E-state index in [1.54, 1.807) is 11.8 Å². The van der Waals surface area contributed by atoms with Crippen LogP contribution < -0.4 is 5.43 Å². The van der Waals surface area contributed by atoms with E-state index >= 15 is 0 Å². The van der Waals surface area contributed by atoms with Crippen LogP contribution in [0.25, 0.3) is 11.3 Å². The van der Waals surface area contributed by atoms with Crippen LogP contribution in [0.2, 0.25) is 0 Å². The van der Waals surface area contributed by atoms with Crippen LogP contribution in [-0.4, -0.2) is 5.11 Å². The minimum Gasteiger partial charge on any atom is -0.463 e. The second-order valence-corrected chi connectivity index (χ2v) is 5.63. The number of thioether (sulfide) groups is 1. The SMILES string of the molecule is CC1Sc2ccccc2-c2occ(CO)c(=O)c21. The summed E-state index contributed by atoms with van der Waals surface area (Å²) in [6.07, 6.45) is 1.36. The van der Waals surface area contributed by atoms with Crippen LogP contribution in [-0.2, 0) is 6.61 Å². The molecule has 1 atom stereocenters. The molecule has 0 fully saturated rings. The van der Waals surface area contributed by atoms with Crippen LogP contribution in [0.3, 0.4) is 0 Å². The Morgan fingerprint density at radius 1 is 1.39 bits per heavy atom. The van der Waals surface area contributed by atoms with Crippen molar-refractivity contribution in [2.45, 2.75) is 23.7 Å². The molecule has 1 unspecified atom stereocenters. The van der Waals surface area contributed by atoms with Crippen molar-refractivity contribution in [1.29, 1.82) is 0 Å². The summed E-state index contributed by atoms with van der Waals surface area (Å²) in [5.74, 6) is 0.638. The molecule has 1 aromatic heterocycles. The number of fused-ring (bicyclic) bond motifs is 3. The van der Waals surface area contributed by atoms with E-state index in [4.69, 9.17) is 9.52 Å². The number of aliphatic hydroxyl groups is 1. The van der Waals surface area contributed by atoms with Gasteiger partial charge >= 0.3 is 0 Å². The van der Waals surface area contributed by atoms with E-state index in [-0.39, 0.29) is 17.3 Å².